The smallest absolute Gasteiger partial charge is 0.423 e. The van der Waals surface area contributed by atoms with Crippen LogP contribution in [0.25, 0.3) is 0 Å². The first-order chi connectivity index (χ1) is 9.97. The minimum absolute atomic E-state index is 0.0385. The topological polar surface area (TPSA) is 43.7 Å². The van der Waals surface area contributed by atoms with E-state index in [9.17, 15) is 14.4 Å². The van der Waals surface area contributed by atoms with Gasteiger partial charge >= 0.3 is 7.12 Å². The fourth-order valence-electron chi connectivity index (χ4n) is 3.21. The van der Waals surface area contributed by atoms with Crippen molar-refractivity contribution in [3.05, 3.63) is 29.6 Å². The number of rotatable bonds is 6. The van der Waals surface area contributed by atoms with Crippen molar-refractivity contribution < 1.29 is 14.4 Å². The van der Waals surface area contributed by atoms with Gasteiger partial charge in [0.05, 0.1) is 0 Å². The standard InChI is InChI=1S/C16H25BFNO2/c1-12(2)10-19(14-5-3-4-6-14)11-13-7-8-16(18)15(9-13)17(20)21/h7-9,12,14,20-21H,3-6,10-11H2,1-2H3. The van der Waals surface area contributed by atoms with Gasteiger partial charge in [0, 0.05) is 24.6 Å². The maximum Gasteiger partial charge on any atom is 0.491 e. The van der Waals surface area contributed by atoms with Crippen LogP contribution >= 0.6 is 0 Å². The molecular formula is C16H25BFNO2. The van der Waals surface area contributed by atoms with Crippen molar-refractivity contribution >= 4 is 12.6 Å². The first-order valence-electron chi connectivity index (χ1n) is 7.86. The molecule has 2 N–H and O–H groups in total. The molecule has 116 valence electrons. The van der Waals surface area contributed by atoms with E-state index in [4.69, 9.17) is 0 Å². The molecule has 0 aromatic heterocycles. The van der Waals surface area contributed by atoms with Gasteiger partial charge in [-0.1, -0.05) is 38.8 Å². The fraction of sp³-hybridized carbons (Fsp3) is 0.625. The van der Waals surface area contributed by atoms with Crippen LogP contribution in [0.2, 0.25) is 0 Å². The van der Waals surface area contributed by atoms with Crippen LogP contribution in [0.15, 0.2) is 18.2 Å². The van der Waals surface area contributed by atoms with Gasteiger partial charge in [0.2, 0.25) is 0 Å². The molecule has 1 aromatic rings. The molecule has 1 saturated carbocycles. The Morgan fingerprint density at radius 3 is 2.52 bits per heavy atom. The molecule has 0 unspecified atom stereocenters. The first kappa shape index (κ1) is 16.5. The Hall–Kier alpha value is -0.905. The molecule has 21 heavy (non-hydrogen) atoms. The third-order valence-corrected chi connectivity index (χ3v) is 4.16. The van der Waals surface area contributed by atoms with Crippen LogP contribution in [0.4, 0.5) is 4.39 Å². The van der Waals surface area contributed by atoms with E-state index in [0.717, 1.165) is 18.7 Å². The molecule has 0 saturated heterocycles. The average Bonchev–Trinajstić information content (AvgIpc) is 2.93. The average molecular weight is 293 g/mol. The molecule has 5 heteroatoms. The lowest BCUT2D eigenvalue weighted by atomic mass is 9.79. The van der Waals surface area contributed by atoms with E-state index in [1.807, 2.05) is 0 Å². The van der Waals surface area contributed by atoms with Crippen molar-refractivity contribution in [3.8, 4) is 0 Å². The summed E-state index contributed by atoms with van der Waals surface area (Å²) in [5, 5.41) is 18.4. The Morgan fingerprint density at radius 2 is 1.95 bits per heavy atom. The molecule has 0 spiro atoms. The van der Waals surface area contributed by atoms with Crippen LogP contribution < -0.4 is 5.46 Å². The number of hydrogen-bond donors (Lipinski definition) is 2. The van der Waals surface area contributed by atoms with Gasteiger partial charge in [-0.3, -0.25) is 4.90 Å². The summed E-state index contributed by atoms with van der Waals surface area (Å²) >= 11 is 0. The van der Waals surface area contributed by atoms with Crippen molar-refractivity contribution in [2.75, 3.05) is 6.54 Å². The Balaban J connectivity index is 2.13. The molecule has 0 amide bonds. The van der Waals surface area contributed by atoms with Gasteiger partial charge < -0.3 is 10.0 Å². The Labute approximate surface area is 126 Å². The highest BCUT2D eigenvalue weighted by Crippen LogP contribution is 2.25. The maximum absolute atomic E-state index is 13.5. The normalized spacial score (nSPS) is 16.1. The molecule has 0 heterocycles. The number of nitrogens with zero attached hydrogens (tertiary/aromatic N) is 1. The van der Waals surface area contributed by atoms with Crippen molar-refractivity contribution in [1.82, 2.24) is 4.90 Å². The minimum atomic E-state index is -1.75. The van der Waals surface area contributed by atoms with Crippen LogP contribution in [0, 0.1) is 11.7 Å². The minimum Gasteiger partial charge on any atom is -0.423 e. The summed E-state index contributed by atoms with van der Waals surface area (Å²) in [5.41, 5.74) is 0.899. The third kappa shape index (κ3) is 4.53. The maximum atomic E-state index is 13.5. The quantitative estimate of drug-likeness (QED) is 0.787. The van der Waals surface area contributed by atoms with Crippen LogP contribution in [0.3, 0.4) is 0 Å². The zero-order valence-corrected chi connectivity index (χ0v) is 12.9. The molecule has 0 bridgehead atoms. The van der Waals surface area contributed by atoms with Gasteiger partial charge in [-0.15, -0.1) is 0 Å². The molecule has 1 aromatic carbocycles. The first-order valence-corrected chi connectivity index (χ1v) is 7.86. The van der Waals surface area contributed by atoms with Gasteiger partial charge in [-0.25, -0.2) is 4.39 Å². The third-order valence-electron chi connectivity index (χ3n) is 4.16. The molecular weight excluding hydrogens is 268 g/mol. The van der Waals surface area contributed by atoms with E-state index in [-0.39, 0.29) is 5.46 Å². The van der Waals surface area contributed by atoms with Gasteiger partial charge in [-0.2, -0.15) is 0 Å². The number of benzene rings is 1. The SMILES string of the molecule is CC(C)CN(Cc1ccc(F)c(B(O)O)c1)C1CCCC1. The van der Waals surface area contributed by atoms with E-state index >= 15 is 0 Å². The predicted octanol–water partition coefficient (Wildman–Crippen LogP) is 1.91. The van der Waals surface area contributed by atoms with E-state index in [1.54, 1.807) is 12.1 Å². The highest BCUT2D eigenvalue weighted by Gasteiger charge is 2.24. The summed E-state index contributed by atoms with van der Waals surface area (Å²) in [6.07, 6.45) is 5.01. The lowest BCUT2D eigenvalue weighted by Gasteiger charge is -2.30. The summed E-state index contributed by atoms with van der Waals surface area (Å²) in [6.45, 7) is 6.16. The highest BCUT2D eigenvalue weighted by atomic mass is 19.1. The molecule has 0 radical (unpaired) electrons. The molecule has 0 atom stereocenters. The Kier molecular flexibility index (Phi) is 5.79. The summed E-state index contributed by atoms with van der Waals surface area (Å²) in [6, 6.07) is 5.23. The van der Waals surface area contributed by atoms with Crippen LogP contribution in [-0.4, -0.2) is 34.7 Å². The van der Waals surface area contributed by atoms with Gasteiger partial charge in [0.15, 0.2) is 0 Å². The largest absolute Gasteiger partial charge is 0.491 e. The van der Waals surface area contributed by atoms with Crippen LogP contribution in [0.1, 0.15) is 45.1 Å². The monoisotopic (exact) mass is 293 g/mol. The highest BCUT2D eigenvalue weighted by molar-refractivity contribution is 6.58. The summed E-state index contributed by atoms with van der Waals surface area (Å²) in [7, 11) is -1.75. The van der Waals surface area contributed by atoms with Gasteiger partial charge in [-0.05, 0) is 30.4 Å². The van der Waals surface area contributed by atoms with Gasteiger partial charge in [0.1, 0.15) is 5.82 Å². The van der Waals surface area contributed by atoms with Crippen LogP contribution in [-0.2, 0) is 6.54 Å². The molecule has 1 aliphatic rings. The number of hydrogen-bond acceptors (Lipinski definition) is 3. The Morgan fingerprint density at radius 1 is 1.29 bits per heavy atom. The molecule has 2 rings (SSSR count). The predicted molar refractivity (Wildman–Crippen MR) is 83.7 cm³/mol. The van der Waals surface area contributed by atoms with Crippen LogP contribution in [0.5, 0.6) is 0 Å². The van der Waals surface area contributed by atoms with Crippen molar-refractivity contribution in [3.63, 3.8) is 0 Å². The molecule has 1 aliphatic carbocycles. The number of halogens is 1. The van der Waals surface area contributed by atoms with E-state index in [2.05, 4.69) is 18.7 Å². The zero-order valence-electron chi connectivity index (χ0n) is 12.9. The fourth-order valence-corrected chi connectivity index (χ4v) is 3.21. The van der Waals surface area contributed by atoms with Gasteiger partial charge in [0.25, 0.3) is 0 Å². The second-order valence-electron chi connectivity index (χ2n) is 6.49. The summed E-state index contributed by atoms with van der Waals surface area (Å²) in [4.78, 5) is 2.46. The second kappa shape index (κ2) is 7.39. The molecule has 0 aliphatic heterocycles. The van der Waals surface area contributed by atoms with E-state index in [0.29, 0.717) is 12.0 Å². The lowest BCUT2D eigenvalue weighted by Crippen LogP contribution is -2.37. The summed E-state index contributed by atoms with van der Waals surface area (Å²) in [5.74, 6) is 0.0129. The van der Waals surface area contributed by atoms with Crippen molar-refractivity contribution in [1.29, 1.82) is 0 Å². The second-order valence-corrected chi connectivity index (χ2v) is 6.49. The van der Waals surface area contributed by atoms with E-state index in [1.165, 1.54) is 31.7 Å². The van der Waals surface area contributed by atoms with Crippen molar-refractivity contribution in [2.24, 2.45) is 5.92 Å². The Bertz CT molecular complexity index is 462. The molecule has 1 fully saturated rings. The molecule has 3 nitrogen and oxygen atoms in total. The van der Waals surface area contributed by atoms with E-state index < -0.39 is 12.9 Å². The van der Waals surface area contributed by atoms with Crippen molar-refractivity contribution in [2.45, 2.75) is 52.1 Å². The lowest BCUT2D eigenvalue weighted by molar-refractivity contribution is 0.168. The zero-order chi connectivity index (χ0) is 15.4. The summed E-state index contributed by atoms with van der Waals surface area (Å²) < 4.78 is 13.5.